The number of amides is 2. The summed E-state index contributed by atoms with van der Waals surface area (Å²) in [5.74, 6) is -1.74. The molecular formula is C20H19NO4. The second kappa shape index (κ2) is 5.41. The highest BCUT2D eigenvalue weighted by Gasteiger charge is 2.62. The maximum absolute atomic E-state index is 13.1. The normalized spacial score (nSPS) is 29.4. The lowest BCUT2D eigenvalue weighted by molar-refractivity contribution is -0.122. The minimum atomic E-state index is -0.556. The van der Waals surface area contributed by atoms with Crippen molar-refractivity contribution in [1.82, 2.24) is 0 Å². The zero-order valence-electron chi connectivity index (χ0n) is 14.4. The van der Waals surface area contributed by atoms with E-state index in [2.05, 4.69) is 12.2 Å². The van der Waals surface area contributed by atoms with E-state index in [1.165, 1.54) is 23.2 Å². The number of ether oxygens (including phenoxy) is 1. The second-order valence-electron chi connectivity index (χ2n) is 6.96. The molecule has 2 bridgehead atoms. The molecule has 1 saturated carbocycles. The molecule has 1 heterocycles. The number of esters is 1. The third kappa shape index (κ3) is 1.98. The number of nitrogens with zero attached hydrogens (tertiary/aromatic N) is 1. The average Bonchev–Trinajstić information content (AvgIpc) is 3.24. The van der Waals surface area contributed by atoms with Crippen LogP contribution >= 0.6 is 0 Å². The highest BCUT2D eigenvalue weighted by atomic mass is 16.5. The molecular weight excluding hydrogens is 318 g/mol. The summed E-state index contributed by atoms with van der Waals surface area (Å²) in [4.78, 5) is 39.5. The molecule has 25 heavy (non-hydrogen) atoms. The number of fused-ring (bicyclic) bond motifs is 5. The average molecular weight is 337 g/mol. The van der Waals surface area contributed by atoms with E-state index < -0.39 is 5.97 Å². The summed E-state index contributed by atoms with van der Waals surface area (Å²) in [6.45, 7) is 4.06. The van der Waals surface area contributed by atoms with Crippen LogP contribution in [0.1, 0.15) is 24.2 Å². The lowest BCUT2D eigenvalue weighted by Gasteiger charge is -2.21. The Balaban J connectivity index is 1.79. The van der Waals surface area contributed by atoms with E-state index in [0.29, 0.717) is 5.69 Å². The number of para-hydroxylation sites is 1. The molecule has 0 N–H and O–H groups in total. The van der Waals surface area contributed by atoms with Crippen molar-refractivity contribution in [3.8, 4) is 0 Å². The van der Waals surface area contributed by atoms with Crippen molar-refractivity contribution >= 4 is 23.5 Å². The fourth-order valence-electron chi connectivity index (χ4n) is 4.62. The first-order valence-electron chi connectivity index (χ1n) is 8.38. The van der Waals surface area contributed by atoms with Gasteiger partial charge in [-0.3, -0.25) is 9.59 Å². The molecule has 0 spiro atoms. The van der Waals surface area contributed by atoms with Crippen LogP contribution in [0.5, 0.6) is 0 Å². The molecule has 5 heteroatoms. The van der Waals surface area contributed by atoms with Gasteiger partial charge in [0.25, 0.3) is 0 Å². The first-order chi connectivity index (χ1) is 12.0. The number of carbonyl (C=O) groups excluding carboxylic acids is 3. The van der Waals surface area contributed by atoms with Crippen molar-refractivity contribution in [1.29, 1.82) is 0 Å². The minimum absolute atomic E-state index is 0.00765. The van der Waals surface area contributed by atoms with Crippen molar-refractivity contribution in [3.05, 3.63) is 53.1 Å². The van der Waals surface area contributed by atoms with E-state index in [1.54, 1.807) is 24.3 Å². The molecule has 128 valence electrons. The monoisotopic (exact) mass is 337 g/mol. The van der Waals surface area contributed by atoms with Gasteiger partial charge in [0, 0.05) is 11.8 Å². The van der Waals surface area contributed by atoms with Crippen LogP contribution in [-0.4, -0.2) is 24.9 Å². The summed E-state index contributed by atoms with van der Waals surface area (Å²) in [5.41, 5.74) is 2.93. The van der Waals surface area contributed by atoms with Gasteiger partial charge in [-0.2, -0.15) is 0 Å². The lowest BCUT2D eigenvalue weighted by atomic mass is 9.85. The standard InChI is InChI=1S/C20H19NO4/c1-10(2)15-12-8-9-13(15)17-16(12)18(22)21(19(17)23)14-7-5-4-6-11(14)20(24)25-3/h4-9,12-13,16-17H,1-3H3/t12-,13+,16-,17-/m1/s1. The minimum Gasteiger partial charge on any atom is -0.465 e. The molecule has 2 fully saturated rings. The molecule has 4 rings (SSSR count). The van der Waals surface area contributed by atoms with Crippen molar-refractivity contribution < 1.29 is 19.1 Å². The third-order valence-electron chi connectivity index (χ3n) is 5.54. The van der Waals surface area contributed by atoms with E-state index in [0.717, 1.165) is 0 Å². The quantitative estimate of drug-likeness (QED) is 0.473. The summed E-state index contributed by atoms with van der Waals surface area (Å²) in [7, 11) is 1.28. The number of rotatable bonds is 2. The summed E-state index contributed by atoms with van der Waals surface area (Å²) < 4.78 is 4.80. The van der Waals surface area contributed by atoms with Gasteiger partial charge in [0.2, 0.25) is 11.8 Å². The van der Waals surface area contributed by atoms with Crippen LogP contribution in [-0.2, 0) is 14.3 Å². The van der Waals surface area contributed by atoms with E-state index in [9.17, 15) is 14.4 Å². The fourth-order valence-corrected chi connectivity index (χ4v) is 4.62. The Morgan fingerprint density at radius 2 is 1.56 bits per heavy atom. The van der Waals surface area contributed by atoms with E-state index in [4.69, 9.17) is 4.74 Å². The number of methoxy groups -OCH3 is 1. The van der Waals surface area contributed by atoms with Gasteiger partial charge < -0.3 is 4.74 Å². The van der Waals surface area contributed by atoms with E-state index in [-0.39, 0.29) is 41.0 Å². The molecule has 4 atom stereocenters. The first-order valence-corrected chi connectivity index (χ1v) is 8.38. The van der Waals surface area contributed by atoms with Crippen molar-refractivity contribution in [2.45, 2.75) is 13.8 Å². The summed E-state index contributed by atoms with van der Waals surface area (Å²) in [6.07, 6.45) is 4.10. The first kappa shape index (κ1) is 15.8. The number of benzene rings is 1. The molecule has 2 aliphatic carbocycles. The number of hydrogen-bond acceptors (Lipinski definition) is 4. The van der Waals surface area contributed by atoms with Gasteiger partial charge in [-0.15, -0.1) is 0 Å². The van der Waals surface area contributed by atoms with Crippen LogP contribution in [0, 0.1) is 23.7 Å². The van der Waals surface area contributed by atoms with Crippen LogP contribution in [0.15, 0.2) is 47.6 Å². The van der Waals surface area contributed by atoms with Gasteiger partial charge >= 0.3 is 5.97 Å². The van der Waals surface area contributed by atoms with Gasteiger partial charge in [0.1, 0.15) is 0 Å². The number of imide groups is 1. The maximum Gasteiger partial charge on any atom is 0.339 e. The van der Waals surface area contributed by atoms with Crippen LogP contribution in [0.3, 0.4) is 0 Å². The lowest BCUT2D eigenvalue weighted by Crippen LogP contribution is -2.34. The molecule has 3 aliphatic rings. The Morgan fingerprint density at radius 3 is 2.08 bits per heavy atom. The van der Waals surface area contributed by atoms with Crippen molar-refractivity contribution in [2.24, 2.45) is 23.7 Å². The van der Waals surface area contributed by atoms with Crippen LogP contribution < -0.4 is 4.90 Å². The van der Waals surface area contributed by atoms with Crippen LogP contribution in [0.2, 0.25) is 0 Å². The van der Waals surface area contributed by atoms with Gasteiger partial charge in [0.15, 0.2) is 0 Å². The van der Waals surface area contributed by atoms with E-state index in [1.807, 2.05) is 13.8 Å². The van der Waals surface area contributed by atoms with Crippen LogP contribution in [0.25, 0.3) is 0 Å². The molecule has 5 nitrogen and oxygen atoms in total. The molecule has 1 saturated heterocycles. The molecule has 0 unspecified atom stereocenters. The van der Waals surface area contributed by atoms with Crippen LogP contribution in [0.4, 0.5) is 5.69 Å². The molecule has 0 radical (unpaired) electrons. The number of anilines is 1. The highest BCUT2D eigenvalue weighted by Crippen LogP contribution is 2.57. The molecule has 0 aromatic heterocycles. The summed E-state index contributed by atoms with van der Waals surface area (Å²) >= 11 is 0. The number of allylic oxidation sites excluding steroid dienone is 4. The fraction of sp³-hybridized carbons (Fsp3) is 0.350. The number of carbonyl (C=O) groups is 3. The van der Waals surface area contributed by atoms with Gasteiger partial charge in [-0.25, -0.2) is 9.69 Å². The number of hydrogen-bond donors (Lipinski definition) is 0. The van der Waals surface area contributed by atoms with Gasteiger partial charge in [0.05, 0.1) is 30.2 Å². The summed E-state index contributed by atoms with van der Waals surface area (Å²) in [5, 5.41) is 0. The largest absolute Gasteiger partial charge is 0.465 e. The second-order valence-corrected chi connectivity index (χ2v) is 6.96. The van der Waals surface area contributed by atoms with Crippen molar-refractivity contribution in [2.75, 3.05) is 12.0 Å². The Kier molecular flexibility index (Phi) is 3.42. The zero-order chi connectivity index (χ0) is 17.9. The van der Waals surface area contributed by atoms with Gasteiger partial charge in [-0.05, 0) is 26.0 Å². The Labute approximate surface area is 146 Å². The SMILES string of the molecule is COC(=O)c1ccccc1N1C(=O)[C@H]2[C@H](C1=O)[C@H]1C=C[C@@H]2C1=C(C)C. The smallest absolute Gasteiger partial charge is 0.339 e. The Hall–Kier alpha value is -2.69. The highest BCUT2D eigenvalue weighted by molar-refractivity contribution is 6.25. The molecule has 1 aromatic carbocycles. The topological polar surface area (TPSA) is 63.7 Å². The van der Waals surface area contributed by atoms with E-state index >= 15 is 0 Å². The predicted octanol–water partition coefficient (Wildman–Crippen LogP) is 2.73. The van der Waals surface area contributed by atoms with Crippen molar-refractivity contribution in [3.63, 3.8) is 0 Å². The van der Waals surface area contributed by atoms with Gasteiger partial charge in [-0.1, -0.05) is 35.4 Å². The Morgan fingerprint density at radius 1 is 1.00 bits per heavy atom. The molecule has 1 aliphatic heterocycles. The molecule has 1 aromatic rings. The molecule has 2 amide bonds. The zero-order valence-corrected chi connectivity index (χ0v) is 14.4. The summed E-state index contributed by atoms with van der Waals surface area (Å²) in [6, 6.07) is 6.60. The predicted molar refractivity (Wildman–Crippen MR) is 91.7 cm³/mol. The Bertz CT molecular complexity index is 828. The third-order valence-corrected chi connectivity index (χ3v) is 5.54. The maximum atomic E-state index is 13.1.